The van der Waals surface area contributed by atoms with Crippen LogP contribution in [-0.2, 0) is 0 Å². The standard InChI is InChI=1S/C24H21N5O5/c1-32-20-10-14(11-21(33-2)22(20)34-3)18-12-16(15-6-4-5-7-17(15)27-18)23(30)28-29-24(31)19-13-25-8-9-26-19/h4-13H,1-3H3,(H,28,30)(H,29,31). The Hall–Kier alpha value is -4.73. The molecule has 4 rings (SSSR count). The smallest absolute Gasteiger partial charge is 0.289 e. The van der Waals surface area contributed by atoms with Crippen LogP contribution in [0.15, 0.2) is 61.1 Å². The van der Waals surface area contributed by atoms with Crippen LogP contribution in [0.25, 0.3) is 22.2 Å². The van der Waals surface area contributed by atoms with Crippen molar-refractivity contribution in [2.75, 3.05) is 21.3 Å². The Morgan fingerprint density at radius 1 is 0.853 bits per heavy atom. The number of nitrogens with one attached hydrogen (secondary N) is 2. The topological polar surface area (TPSA) is 125 Å². The van der Waals surface area contributed by atoms with Gasteiger partial charge in [-0.15, -0.1) is 0 Å². The molecule has 0 atom stereocenters. The van der Waals surface area contributed by atoms with Crippen molar-refractivity contribution in [2.45, 2.75) is 0 Å². The van der Waals surface area contributed by atoms with E-state index < -0.39 is 11.8 Å². The third-order valence-corrected chi connectivity index (χ3v) is 5.01. The molecule has 0 saturated carbocycles. The number of benzene rings is 2. The first-order valence-corrected chi connectivity index (χ1v) is 10.1. The molecule has 0 radical (unpaired) electrons. The van der Waals surface area contributed by atoms with Gasteiger partial charge in [-0.3, -0.25) is 25.4 Å². The monoisotopic (exact) mass is 459 g/mol. The third-order valence-electron chi connectivity index (χ3n) is 5.01. The predicted octanol–water partition coefficient (Wildman–Crippen LogP) is 2.79. The zero-order valence-corrected chi connectivity index (χ0v) is 18.7. The lowest BCUT2D eigenvalue weighted by atomic mass is 10.0. The third kappa shape index (κ3) is 4.42. The van der Waals surface area contributed by atoms with Gasteiger partial charge in [0.1, 0.15) is 5.69 Å². The number of hydrogen-bond donors (Lipinski definition) is 2. The fraction of sp³-hybridized carbons (Fsp3) is 0.125. The highest BCUT2D eigenvalue weighted by molar-refractivity contribution is 6.08. The average Bonchev–Trinajstić information content (AvgIpc) is 2.90. The summed E-state index contributed by atoms with van der Waals surface area (Å²) in [6.07, 6.45) is 4.13. The van der Waals surface area contributed by atoms with E-state index in [9.17, 15) is 9.59 Å². The van der Waals surface area contributed by atoms with E-state index in [1.165, 1.54) is 39.9 Å². The second-order valence-electron chi connectivity index (χ2n) is 6.99. The zero-order chi connectivity index (χ0) is 24.1. The number of hydrazine groups is 1. The minimum Gasteiger partial charge on any atom is -0.493 e. The molecule has 0 aliphatic rings. The minimum absolute atomic E-state index is 0.0699. The summed E-state index contributed by atoms with van der Waals surface area (Å²) in [7, 11) is 4.56. The molecule has 0 aliphatic carbocycles. The number of rotatable bonds is 6. The highest BCUT2D eigenvalue weighted by atomic mass is 16.5. The van der Waals surface area contributed by atoms with Crippen LogP contribution in [0, 0.1) is 0 Å². The number of aromatic nitrogens is 3. The lowest BCUT2D eigenvalue weighted by Crippen LogP contribution is -2.42. The van der Waals surface area contributed by atoms with E-state index in [4.69, 9.17) is 19.2 Å². The van der Waals surface area contributed by atoms with Crippen LogP contribution in [0.5, 0.6) is 17.2 Å². The first-order valence-electron chi connectivity index (χ1n) is 10.1. The number of pyridine rings is 1. The molecule has 4 aromatic rings. The molecule has 2 amide bonds. The summed E-state index contributed by atoms with van der Waals surface area (Å²) in [4.78, 5) is 37.8. The Morgan fingerprint density at radius 3 is 2.21 bits per heavy atom. The summed E-state index contributed by atoms with van der Waals surface area (Å²) in [5.41, 5.74) is 6.92. The van der Waals surface area contributed by atoms with Crippen LogP contribution in [0.1, 0.15) is 20.8 Å². The van der Waals surface area contributed by atoms with Crippen molar-refractivity contribution >= 4 is 22.7 Å². The second kappa shape index (κ2) is 9.82. The lowest BCUT2D eigenvalue weighted by Gasteiger charge is -2.15. The molecular formula is C24H21N5O5. The summed E-state index contributed by atoms with van der Waals surface area (Å²) < 4.78 is 16.3. The average molecular weight is 459 g/mol. The molecular weight excluding hydrogens is 438 g/mol. The predicted molar refractivity (Wildman–Crippen MR) is 124 cm³/mol. The second-order valence-corrected chi connectivity index (χ2v) is 6.99. The summed E-state index contributed by atoms with van der Waals surface area (Å²) in [6, 6.07) is 12.3. The van der Waals surface area contributed by atoms with Gasteiger partial charge in [-0.2, -0.15) is 0 Å². The van der Waals surface area contributed by atoms with E-state index in [1.807, 2.05) is 6.07 Å². The maximum atomic E-state index is 13.1. The Morgan fingerprint density at radius 2 is 1.56 bits per heavy atom. The van der Waals surface area contributed by atoms with Gasteiger partial charge in [-0.25, -0.2) is 9.97 Å². The van der Waals surface area contributed by atoms with Crippen molar-refractivity contribution in [2.24, 2.45) is 0 Å². The molecule has 2 aromatic carbocycles. The van der Waals surface area contributed by atoms with Gasteiger partial charge < -0.3 is 14.2 Å². The lowest BCUT2D eigenvalue weighted by molar-refractivity contribution is 0.0844. The van der Waals surface area contributed by atoms with E-state index in [0.717, 1.165) is 0 Å². The SMILES string of the molecule is COc1cc(-c2cc(C(=O)NNC(=O)c3cnccn3)c3ccccc3n2)cc(OC)c1OC. The van der Waals surface area contributed by atoms with Gasteiger partial charge >= 0.3 is 0 Å². The molecule has 0 saturated heterocycles. The Labute approximate surface area is 194 Å². The van der Waals surface area contributed by atoms with Crippen molar-refractivity contribution < 1.29 is 23.8 Å². The van der Waals surface area contributed by atoms with Gasteiger partial charge in [0.15, 0.2) is 11.5 Å². The first kappa shape index (κ1) is 22.5. The van der Waals surface area contributed by atoms with Crippen LogP contribution in [-0.4, -0.2) is 48.1 Å². The number of amides is 2. The Balaban J connectivity index is 1.73. The van der Waals surface area contributed by atoms with Crippen molar-refractivity contribution in [1.29, 1.82) is 0 Å². The molecule has 2 heterocycles. The quantitative estimate of drug-likeness (QED) is 0.422. The van der Waals surface area contributed by atoms with Gasteiger partial charge in [0.2, 0.25) is 5.75 Å². The number of carbonyl (C=O) groups is 2. The van der Waals surface area contributed by atoms with Crippen LogP contribution in [0.4, 0.5) is 0 Å². The van der Waals surface area contributed by atoms with E-state index in [-0.39, 0.29) is 5.69 Å². The Kier molecular flexibility index (Phi) is 6.49. The molecule has 0 aliphatic heterocycles. The summed E-state index contributed by atoms with van der Waals surface area (Å²) in [5, 5.41) is 0.616. The van der Waals surface area contributed by atoms with Gasteiger partial charge in [0, 0.05) is 23.3 Å². The molecule has 10 nitrogen and oxygen atoms in total. The van der Waals surface area contributed by atoms with Gasteiger partial charge in [0.25, 0.3) is 11.8 Å². The molecule has 0 bridgehead atoms. The van der Waals surface area contributed by atoms with Gasteiger partial charge in [0.05, 0.1) is 44.3 Å². The molecule has 34 heavy (non-hydrogen) atoms. The zero-order valence-electron chi connectivity index (χ0n) is 18.7. The maximum absolute atomic E-state index is 13.1. The summed E-state index contributed by atoms with van der Waals surface area (Å²) in [6.45, 7) is 0. The first-order chi connectivity index (χ1) is 16.5. The van der Waals surface area contributed by atoms with Crippen LogP contribution in [0.2, 0.25) is 0 Å². The molecule has 2 N–H and O–H groups in total. The normalized spacial score (nSPS) is 10.4. The fourth-order valence-corrected chi connectivity index (χ4v) is 3.40. The number of methoxy groups -OCH3 is 3. The van der Waals surface area contributed by atoms with Gasteiger partial charge in [-0.05, 0) is 24.3 Å². The number of ether oxygens (including phenoxy) is 3. The Bertz CT molecular complexity index is 1340. The van der Waals surface area contributed by atoms with Crippen molar-refractivity contribution in [3.8, 4) is 28.5 Å². The highest BCUT2D eigenvalue weighted by Crippen LogP contribution is 2.41. The van der Waals surface area contributed by atoms with E-state index in [1.54, 1.807) is 36.4 Å². The molecule has 172 valence electrons. The molecule has 0 spiro atoms. The van der Waals surface area contributed by atoms with E-state index in [0.29, 0.717) is 45.0 Å². The largest absolute Gasteiger partial charge is 0.493 e. The highest BCUT2D eigenvalue weighted by Gasteiger charge is 2.19. The van der Waals surface area contributed by atoms with Crippen molar-refractivity contribution in [3.05, 3.63) is 72.3 Å². The maximum Gasteiger partial charge on any atom is 0.289 e. The fourth-order valence-electron chi connectivity index (χ4n) is 3.40. The van der Waals surface area contributed by atoms with E-state index in [2.05, 4.69) is 20.8 Å². The molecule has 0 unspecified atom stereocenters. The number of hydrogen-bond acceptors (Lipinski definition) is 8. The van der Waals surface area contributed by atoms with Crippen LogP contribution >= 0.6 is 0 Å². The number of carbonyl (C=O) groups excluding carboxylic acids is 2. The van der Waals surface area contributed by atoms with Crippen molar-refractivity contribution in [3.63, 3.8) is 0 Å². The minimum atomic E-state index is -0.593. The van der Waals surface area contributed by atoms with Crippen molar-refractivity contribution in [1.82, 2.24) is 25.8 Å². The van der Waals surface area contributed by atoms with Crippen LogP contribution < -0.4 is 25.1 Å². The number of para-hydroxylation sites is 1. The summed E-state index contributed by atoms with van der Waals surface area (Å²) in [5.74, 6) is 0.233. The summed E-state index contributed by atoms with van der Waals surface area (Å²) >= 11 is 0. The number of fused-ring (bicyclic) bond motifs is 1. The molecule has 10 heteroatoms. The molecule has 2 aromatic heterocycles. The number of nitrogens with zero attached hydrogens (tertiary/aromatic N) is 3. The van der Waals surface area contributed by atoms with Crippen LogP contribution in [0.3, 0.4) is 0 Å². The van der Waals surface area contributed by atoms with E-state index >= 15 is 0 Å². The van der Waals surface area contributed by atoms with Gasteiger partial charge in [-0.1, -0.05) is 18.2 Å². The molecule has 0 fully saturated rings.